The number of H-pyrrole nitrogens is 1. The Morgan fingerprint density at radius 2 is 2.07 bits per heavy atom. The molecule has 0 unspecified atom stereocenters. The highest BCUT2D eigenvalue weighted by Gasteiger charge is 2.17. The average molecular weight is 371 g/mol. The first-order valence-electron chi connectivity index (χ1n) is 9.21. The summed E-state index contributed by atoms with van der Waals surface area (Å²) in [4.78, 5) is 16.8. The van der Waals surface area contributed by atoms with Crippen LogP contribution in [0.25, 0.3) is 11.1 Å². The number of aliphatic imine (C=N–C) groups is 1. The average Bonchev–Trinajstić information content (AvgIpc) is 3.36. The summed E-state index contributed by atoms with van der Waals surface area (Å²) in [6.07, 6.45) is 13.6. The summed E-state index contributed by atoms with van der Waals surface area (Å²) in [5.74, 6) is 0.650. The molecule has 0 radical (unpaired) electrons. The molecule has 5 nitrogen and oxygen atoms in total. The maximum atomic E-state index is 13.5. The second-order valence-electron chi connectivity index (χ2n) is 6.78. The van der Waals surface area contributed by atoms with E-state index in [0.29, 0.717) is 19.4 Å². The smallest absolute Gasteiger partial charge is 0.137 e. The number of fused-ring (bicyclic) bond motifs is 1. The lowest BCUT2D eigenvalue weighted by atomic mass is 10.0. The number of allylic oxidation sites excluding steroid dienone is 4. The Bertz CT molecular complexity index is 1240. The SMILES string of the molecule is FC1=CCC(=c2ncn(Cc3ccccn3)c2=C2CC=Nc3[nH]ccc32)C=C1. The first-order chi connectivity index (χ1) is 13.8. The summed E-state index contributed by atoms with van der Waals surface area (Å²) >= 11 is 0. The predicted octanol–water partition coefficient (Wildman–Crippen LogP) is 2.92. The van der Waals surface area contributed by atoms with E-state index in [1.165, 1.54) is 6.08 Å². The number of aromatic nitrogens is 4. The van der Waals surface area contributed by atoms with Gasteiger partial charge in [0.15, 0.2) is 0 Å². The predicted molar refractivity (Wildman–Crippen MR) is 107 cm³/mol. The van der Waals surface area contributed by atoms with E-state index >= 15 is 0 Å². The van der Waals surface area contributed by atoms with E-state index in [4.69, 9.17) is 4.98 Å². The second kappa shape index (κ2) is 6.88. The zero-order valence-corrected chi connectivity index (χ0v) is 15.1. The molecule has 0 atom stereocenters. The van der Waals surface area contributed by atoms with Gasteiger partial charge < -0.3 is 9.55 Å². The summed E-state index contributed by atoms with van der Waals surface area (Å²) in [5, 5.41) is 1.92. The fourth-order valence-electron chi connectivity index (χ4n) is 3.69. The number of rotatable bonds is 2. The zero-order chi connectivity index (χ0) is 18.9. The minimum absolute atomic E-state index is 0.205. The van der Waals surface area contributed by atoms with Crippen LogP contribution in [0, 0.1) is 0 Å². The molecule has 28 heavy (non-hydrogen) atoms. The van der Waals surface area contributed by atoms with E-state index in [1.54, 1.807) is 12.3 Å². The first-order valence-corrected chi connectivity index (χ1v) is 9.21. The van der Waals surface area contributed by atoms with Crippen LogP contribution < -0.4 is 10.7 Å². The third kappa shape index (κ3) is 2.93. The molecule has 5 rings (SSSR count). The molecular weight excluding hydrogens is 353 g/mol. The molecule has 0 spiro atoms. The van der Waals surface area contributed by atoms with Crippen molar-refractivity contribution in [1.82, 2.24) is 19.5 Å². The van der Waals surface area contributed by atoms with E-state index in [0.717, 1.165) is 38.9 Å². The van der Waals surface area contributed by atoms with Gasteiger partial charge in [-0.3, -0.25) is 4.98 Å². The van der Waals surface area contributed by atoms with Gasteiger partial charge in [0.05, 0.1) is 29.3 Å². The summed E-state index contributed by atoms with van der Waals surface area (Å²) in [7, 11) is 0. The summed E-state index contributed by atoms with van der Waals surface area (Å²) in [5.41, 5.74) is 4.20. The molecule has 0 bridgehead atoms. The molecule has 0 saturated carbocycles. The highest BCUT2D eigenvalue weighted by atomic mass is 19.1. The minimum Gasteiger partial charge on any atom is -0.346 e. The molecule has 3 aromatic rings. The van der Waals surface area contributed by atoms with E-state index in [1.807, 2.05) is 49.1 Å². The Hall–Kier alpha value is -3.54. The lowest BCUT2D eigenvalue weighted by Crippen LogP contribution is -2.35. The number of nitrogens with one attached hydrogen (secondary N) is 1. The van der Waals surface area contributed by atoms with Crippen molar-refractivity contribution in [2.75, 3.05) is 0 Å². The van der Waals surface area contributed by atoms with Crippen molar-refractivity contribution in [2.24, 2.45) is 4.99 Å². The summed E-state index contributed by atoms with van der Waals surface area (Å²) < 4.78 is 15.6. The van der Waals surface area contributed by atoms with Gasteiger partial charge in [-0.15, -0.1) is 0 Å². The zero-order valence-electron chi connectivity index (χ0n) is 15.1. The maximum Gasteiger partial charge on any atom is 0.137 e. The number of halogens is 1. The number of imidazole rings is 1. The van der Waals surface area contributed by atoms with Crippen LogP contribution >= 0.6 is 0 Å². The van der Waals surface area contributed by atoms with Crippen molar-refractivity contribution in [3.63, 3.8) is 0 Å². The molecule has 4 heterocycles. The maximum absolute atomic E-state index is 13.5. The van der Waals surface area contributed by atoms with Gasteiger partial charge >= 0.3 is 0 Å². The summed E-state index contributed by atoms with van der Waals surface area (Å²) in [6.45, 7) is 0.616. The molecular formula is C22H18FN5. The van der Waals surface area contributed by atoms with Crippen LogP contribution in [-0.4, -0.2) is 25.7 Å². The van der Waals surface area contributed by atoms with Crippen LogP contribution in [0.4, 0.5) is 10.2 Å². The Balaban J connectivity index is 1.78. The largest absolute Gasteiger partial charge is 0.346 e. The van der Waals surface area contributed by atoms with Gasteiger partial charge in [-0.25, -0.2) is 14.4 Å². The standard InChI is InChI=1S/C22H18FN5/c23-16-6-4-15(5-7-16)20-21(18-8-11-25-22-19(18)9-12-26-22)28(14-27-20)13-17-3-1-2-10-24-17/h1-4,6-7,9-12,14,26H,5,8,13H2. The van der Waals surface area contributed by atoms with Crippen LogP contribution in [0.1, 0.15) is 24.1 Å². The molecule has 2 aliphatic rings. The fraction of sp³-hybridized carbons (Fsp3) is 0.136. The van der Waals surface area contributed by atoms with Crippen molar-refractivity contribution >= 4 is 23.2 Å². The Morgan fingerprint density at radius 1 is 1.11 bits per heavy atom. The van der Waals surface area contributed by atoms with Gasteiger partial charge in [0.2, 0.25) is 0 Å². The molecule has 138 valence electrons. The van der Waals surface area contributed by atoms with Crippen molar-refractivity contribution in [2.45, 2.75) is 19.4 Å². The van der Waals surface area contributed by atoms with E-state index in [9.17, 15) is 4.39 Å². The lowest BCUT2D eigenvalue weighted by molar-refractivity contribution is 0.661. The van der Waals surface area contributed by atoms with Crippen LogP contribution in [-0.2, 0) is 6.54 Å². The Morgan fingerprint density at radius 3 is 2.89 bits per heavy atom. The molecule has 1 aliphatic heterocycles. The monoisotopic (exact) mass is 371 g/mol. The van der Waals surface area contributed by atoms with Gasteiger partial charge in [0.1, 0.15) is 11.6 Å². The van der Waals surface area contributed by atoms with Crippen LogP contribution in [0.3, 0.4) is 0 Å². The van der Waals surface area contributed by atoms with Gasteiger partial charge in [-0.2, -0.15) is 0 Å². The second-order valence-corrected chi connectivity index (χ2v) is 6.78. The third-order valence-electron chi connectivity index (χ3n) is 5.01. The van der Waals surface area contributed by atoms with Gasteiger partial charge in [-0.1, -0.05) is 12.1 Å². The lowest BCUT2D eigenvalue weighted by Gasteiger charge is -2.12. The highest BCUT2D eigenvalue weighted by molar-refractivity contribution is 5.88. The van der Waals surface area contributed by atoms with Gasteiger partial charge in [0, 0.05) is 30.6 Å². The van der Waals surface area contributed by atoms with Crippen LogP contribution in [0.15, 0.2) is 72.0 Å². The number of hydrogen-bond donors (Lipinski definition) is 1. The molecule has 6 heteroatoms. The first kappa shape index (κ1) is 16.6. The Kier molecular flexibility index (Phi) is 4.09. The van der Waals surface area contributed by atoms with E-state index < -0.39 is 0 Å². The summed E-state index contributed by atoms with van der Waals surface area (Å²) in [6, 6.07) is 7.94. The van der Waals surface area contributed by atoms with Crippen molar-refractivity contribution in [1.29, 1.82) is 0 Å². The number of aromatic amines is 1. The quantitative estimate of drug-likeness (QED) is 0.753. The van der Waals surface area contributed by atoms with Gasteiger partial charge in [-0.05, 0) is 47.9 Å². The van der Waals surface area contributed by atoms with E-state index in [2.05, 4.69) is 19.5 Å². The minimum atomic E-state index is -0.205. The fourth-order valence-corrected chi connectivity index (χ4v) is 3.69. The van der Waals surface area contributed by atoms with Crippen LogP contribution in [0.2, 0.25) is 0 Å². The number of nitrogens with zero attached hydrogens (tertiary/aromatic N) is 4. The molecule has 0 saturated heterocycles. The number of pyridine rings is 1. The van der Waals surface area contributed by atoms with E-state index in [-0.39, 0.29) is 5.83 Å². The topological polar surface area (TPSA) is 58.9 Å². The molecule has 0 amide bonds. The Labute approximate surface area is 161 Å². The van der Waals surface area contributed by atoms with Crippen LogP contribution in [0.5, 0.6) is 0 Å². The highest BCUT2D eigenvalue weighted by Crippen LogP contribution is 2.28. The molecule has 0 aromatic carbocycles. The third-order valence-corrected chi connectivity index (χ3v) is 5.01. The molecule has 1 N–H and O–H groups in total. The molecule has 3 aromatic heterocycles. The molecule has 1 aliphatic carbocycles. The normalized spacial score (nSPS) is 19.5. The van der Waals surface area contributed by atoms with Crippen molar-refractivity contribution in [3.05, 3.63) is 89.0 Å². The molecule has 0 fully saturated rings. The van der Waals surface area contributed by atoms with Gasteiger partial charge in [0.25, 0.3) is 0 Å². The van der Waals surface area contributed by atoms with Crippen molar-refractivity contribution in [3.8, 4) is 0 Å². The van der Waals surface area contributed by atoms with Crippen molar-refractivity contribution < 1.29 is 4.39 Å². The number of hydrogen-bond acceptors (Lipinski definition) is 3.